The third kappa shape index (κ3) is 8.26. The Hall–Kier alpha value is -4.01. The predicted octanol–water partition coefficient (Wildman–Crippen LogP) is 7.21. The highest BCUT2D eigenvalue weighted by Crippen LogP contribution is 2.47. The first-order valence-corrected chi connectivity index (χ1v) is 12.0. The van der Waals surface area contributed by atoms with Crippen LogP contribution in [0.15, 0.2) is 72.8 Å². The Morgan fingerprint density at radius 3 is 2.03 bits per heavy atom. The monoisotopic (exact) mass is 529 g/mol. The van der Waals surface area contributed by atoms with E-state index >= 15 is 0 Å². The molecule has 0 aromatic heterocycles. The van der Waals surface area contributed by atoms with E-state index in [9.17, 15) is 18.0 Å². The van der Waals surface area contributed by atoms with Crippen LogP contribution in [0.2, 0.25) is 0 Å². The topological polar surface area (TPSA) is 95.9 Å². The Kier molecular flexibility index (Phi) is 8.70. The second-order valence-corrected chi connectivity index (χ2v) is 10.1. The van der Waals surface area contributed by atoms with E-state index in [1.807, 2.05) is 54.6 Å². The molecule has 0 bridgehead atoms. The number of halogens is 3. The highest BCUT2D eigenvalue weighted by Gasteiger charge is 2.44. The van der Waals surface area contributed by atoms with Gasteiger partial charge in [-0.15, -0.1) is 0 Å². The molecule has 6 nitrogen and oxygen atoms in total. The summed E-state index contributed by atoms with van der Waals surface area (Å²) >= 11 is 0. The van der Waals surface area contributed by atoms with Crippen molar-refractivity contribution in [1.82, 2.24) is 0 Å². The van der Waals surface area contributed by atoms with E-state index in [0.717, 1.165) is 34.7 Å². The summed E-state index contributed by atoms with van der Waals surface area (Å²) in [4.78, 5) is 19.9. The fourth-order valence-corrected chi connectivity index (χ4v) is 3.77. The lowest BCUT2D eigenvalue weighted by molar-refractivity contribution is -0.192. The summed E-state index contributed by atoms with van der Waals surface area (Å²) in [7, 11) is 0. The van der Waals surface area contributed by atoms with Gasteiger partial charge < -0.3 is 20.3 Å². The minimum atomic E-state index is -5.08. The second kappa shape index (κ2) is 11.6. The first kappa shape index (κ1) is 28.6. The maximum Gasteiger partial charge on any atom is 0.490 e. The molecule has 0 aliphatic heterocycles. The third-order valence-corrected chi connectivity index (χ3v) is 6.04. The van der Waals surface area contributed by atoms with Gasteiger partial charge in [-0.1, -0.05) is 57.2 Å². The smallest absolute Gasteiger partial charge is 0.481 e. The van der Waals surface area contributed by atoms with Gasteiger partial charge >= 0.3 is 18.1 Å². The Morgan fingerprint density at radius 2 is 1.53 bits per heavy atom. The molecule has 1 fully saturated rings. The van der Waals surface area contributed by atoms with Gasteiger partial charge in [0, 0.05) is 12.2 Å². The molecule has 3 aromatic carbocycles. The number of alkyl halides is 3. The summed E-state index contributed by atoms with van der Waals surface area (Å²) < 4.78 is 37.8. The van der Waals surface area contributed by atoms with Crippen molar-refractivity contribution in [3.8, 4) is 11.5 Å². The highest BCUT2D eigenvalue weighted by molar-refractivity contribution is 5.75. The quantitative estimate of drug-likeness (QED) is 0.299. The lowest BCUT2D eigenvalue weighted by Gasteiger charge is -2.19. The number of hydrogen-bond acceptors (Lipinski definition) is 4. The summed E-state index contributed by atoms with van der Waals surface area (Å²) in [6.45, 7) is 7.28. The molecule has 1 aliphatic rings. The van der Waals surface area contributed by atoms with E-state index in [1.54, 1.807) is 0 Å². The normalized spacial score (nSPS) is 16.6. The molecule has 3 N–H and O–H groups in total. The summed E-state index contributed by atoms with van der Waals surface area (Å²) in [6.07, 6.45) is -4.34. The molecule has 38 heavy (non-hydrogen) atoms. The summed E-state index contributed by atoms with van der Waals surface area (Å²) in [5, 5.41) is 19.6. The van der Waals surface area contributed by atoms with Crippen LogP contribution in [0.1, 0.15) is 49.8 Å². The van der Waals surface area contributed by atoms with Crippen LogP contribution in [-0.2, 0) is 21.5 Å². The Balaban J connectivity index is 0.000000505. The van der Waals surface area contributed by atoms with Crippen LogP contribution in [0, 0.1) is 5.92 Å². The van der Waals surface area contributed by atoms with Crippen LogP contribution < -0.4 is 10.1 Å². The molecule has 0 heterocycles. The number of ether oxygens (including phenoxy) is 1. The first-order valence-electron chi connectivity index (χ1n) is 12.0. The van der Waals surface area contributed by atoms with Crippen LogP contribution in [0.4, 0.5) is 18.9 Å². The van der Waals surface area contributed by atoms with Gasteiger partial charge in [-0.2, -0.15) is 13.2 Å². The van der Waals surface area contributed by atoms with Crippen molar-refractivity contribution in [3.05, 3.63) is 89.5 Å². The molecule has 202 valence electrons. The molecule has 4 rings (SSSR count). The molecule has 2 atom stereocenters. The van der Waals surface area contributed by atoms with E-state index < -0.39 is 18.1 Å². The number of carboxylic acids is 2. The van der Waals surface area contributed by atoms with Gasteiger partial charge in [-0.05, 0) is 70.8 Å². The number of nitrogens with one attached hydrogen (secondary N) is 1. The van der Waals surface area contributed by atoms with Crippen LogP contribution in [0.3, 0.4) is 0 Å². The zero-order chi connectivity index (χ0) is 28.1. The van der Waals surface area contributed by atoms with Gasteiger partial charge in [0.15, 0.2) is 0 Å². The van der Waals surface area contributed by atoms with Gasteiger partial charge in [-0.3, -0.25) is 4.79 Å². The van der Waals surface area contributed by atoms with Gasteiger partial charge in [0.2, 0.25) is 0 Å². The third-order valence-electron chi connectivity index (χ3n) is 6.04. The lowest BCUT2D eigenvalue weighted by atomic mass is 9.87. The van der Waals surface area contributed by atoms with Crippen LogP contribution >= 0.6 is 0 Å². The standard InChI is InChI=1S/C27H29NO3.C2HF3O2/c1-27(2,3)20-9-13-22(14-10-20)31-23-6-4-5-18(15-23)17-28-21-11-7-19(8-12-21)24-16-25(24)26(29)30;3-2(4,5)1(6)7/h4-15,24-25,28H,16-17H2,1-3H3,(H,29,30);(H,6,7). The summed E-state index contributed by atoms with van der Waals surface area (Å²) in [6, 6.07) is 24.4. The minimum Gasteiger partial charge on any atom is -0.481 e. The summed E-state index contributed by atoms with van der Waals surface area (Å²) in [5.74, 6) is -1.86. The van der Waals surface area contributed by atoms with Gasteiger partial charge in [0.25, 0.3) is 0 Å². The van der Waals surface area contributed by atoms with Crippen molar-refractivity contribution in [2.45, 2.75) is 51.2 Å². The predicted molar refractivity (Wildman–Crippen MR) is 138 cm³/mol. The Morgan fingerprint density at radius 1 is 0.921 bits per heavy atom. The highest BCUT2D eigenvalue weighted by atomic mass is 19.4. The zero-order valence-electron chi connectivity index (χ0n) is 21.3. The molecule has 0 radical (unpaired) electrons. The Labute approximate surface area is 219 Å². The fraction of sp³-hybridized carbons (Fsp3) is 0.310. The van der Waals surface area contributed by atoms with E-state index in [4.69, 9.17) is 19.7 Å². The number of aliphatic carboxylic acids is 2. The van der Waals surface area contributed by atoms with E-state index in [-0.39, 0.29) is 17.3 Å². The van der Waals surface area contributed by atoms with Crippen molar-refractivity contribution in [1.29, 1.82) is 0 Å². The maximum absolute atomic E-state index is 11.0. The number of rotatable bonds is 7. The maximum atomic E-state index is 11.0. The zero-order valence-corrected chi connectivity index (χ0v) is 21.3. The number of anilines is 1. The molecular weight excluding hydrogens is 499 g/mol. The van der Waals surface area contributed by atoms with Gasteiger partial charge in [0.1, 0.15) is 11.5 Å². The molecule has 2 unspecified atom stereocenters. The van der Waals surface area contributed by atoms with Crippen molar-refractivity contribution >= 4 is 17.6 Å². The minimum absolute atomic E-state index is 0.124. The van der Waals surface area contributed by atoms with Gasteiger partial charge in [0.05, 0.1) is 5.92 Å². The molecule has 0 spiro atoms. The average molecular weight is 530 g/mol. The average Bonchev–Trinajstić information content (AvgIpc) is 3.64. The van der Waals surface area contributed by atoms with Crippen molar-refractivity contribution in [2.75, 3.05) is 5.32 Å². The van der Waals surface area contributed by atoms with E-state index in [1.165, 1.54) is 5.56 Å². The molecule has 1 saturated carbocycles. The number of carboxylic acid groups (broad SMARTS) is 2. The number of benzene rings is 3. The molecule has 9 heteroatoms. The molecule has 1 aliphatic carbocycles. The first-order chi connectivity index (χ1) is 17.7. The van der Waals surface area contributed by atoms with Gasteiger partial charge in [-0.25, -0.2) is 4.79 Å². The second-order valence-electron chi connectivity index (χ2n) is 10.1. The molecule has 0 saturated heterocycles. The van der Waals surface area contributed by atoms with Crippen molar-refractivity contribution in [3.63, 3.8) is 0 Å². The van der Waals surface area contributed by atoms with Crippen LogP contribution in [-0.4, -0.2) is 28.3 Å². The SMILES string of the molecule is CC(C)(C)c1ccc(Oc2cccc(CNc3ccc(C4CC4C(=O)O)cc3)c2)cc1.O=C(O)C(F)(F)F. The molecule has 3 aromatic rings. The van der Waals surface area contributed by atoms with Crippen molar-refractivity contribution in [2.24, 2.45) is 5.92 Å². The largest absolute Gasteiger partial charge is 0.490 e. The van der Waals surface area contributed by atoms with Crippen molar-refractivity contribution < 1.29 is 37.7 Å². The lowest BCUT2D eigenvalue weighted by Crippen LogP contribution is -2.21. The van der Waals surface area contributed by atoms with Crippen LogP contribution in [0.25, 0.3) is 0 Å². The Bertz CT molecular complexity index is 1250. The van der Waals surface area contributed by atoms with E-state index in [0.29, 0.717) is 6.54 Å². The fourth-order valence-electron chi connectivity index (χ4n) is 3.77. The number of hydrogen-bond donors (Lipinski definition) is 3. The van der Waals surface area contributed by atoms with Crippen LogP contribution in [0.5, 0.6) is 11.5 Å². The molecular formula is C29H30F3NO5. The van der Waals surface area contributed by atoms with E-state index in [2.05, 4.69) is 44.3 Å². The number of carbonyl (C=O) groups is 2. The molecule has 0 amide bonds. The summed E-state index contributed by atoms with van der Waals surface area (Å²) in [5.41, 5.74) is 4.65.